The number of hydrogen-bond acceptors (Lipinski definition) is 3. The van der Waals surface area contributed by atoms with E-state index in [0.29, 0.717) is 18.5 Å². The number of aliphatic imine (C=N–C) groups is 1. The van der Waals surface area contributed by atoms with E-state index in [2.05, 4.69) is 15.6 Å². The number of carbonyl (C=O) groups excluding carboxylic acids is 2. The first-order valence-electron chi connectivity index (χ1n) is 6.80. The summed E-state index contributed by atoms with van der Waals surface area (Å²) in [4.78, 5) is 28.6. The molecule has 106 valence electrons. The summed E-state index contributed by atoms with van der Waals surface area (Å²) < 4.78 is 0. The Balaban J connectivity index is 2.25. The standard InChI is InChI=1S/C15H19N3O2/c1-4-15(5-2)12(19)17-14(18-13(15)20)16-11-8-6-10(3)7-9-11/h6-9H,4-5H2,1-3H3,(H2,16,17,18,19,20). The van der Waals surface area contributed by atoms with E-state index in [1.807, 2.05) is 45.0 Å². The van der Waals surface area contributed by atoms with Crippen LogP contribution in [-0.4, -0.2) is 17.8 Å². The first kappa shape index (κ1) is 14.2. The molecule has 5 heteroatoms. The number of amides is 2. The quantitative estimate of drug-likeness (QED) is 0.827. The highest BCUT2D eigenvalue weighted by atomic mass is 16.2. The second-order valence-electron chi connectivity index (χ2n) is 4.99. The fourth-order valence-electron chi connectivity index (χ4n) is 2.29. The highest BCUT2D eigenvalue weighted by Crippen LogP contribution is 2.29. The summed E-state index contributed by atoms with van der Waals surface area (Å²) in [5.74, 6) is -0.365. The number of guanidine groups is 1. The number of nitrogens with one attached hydrogen (secondary N) is 2. The lowest BCUT2D eigenvalue weighted by molar-refractivity contribution is -0.144. The van der Waals surface area contributed by atoms with Gasteiger partial charge in [-0.05, 0) is 31.9 Å². The second kappa shape index (κ2) is 5.45. The van der Waals surface area contributed by atoms with Crippen LogP contribution in [0.5, 0.6) is 0 Å². The van der Waals surface area contributed by atoms with Crippen LogP contribution in [0, 0.1) is 12.3 Å². The van der Waals surface area contributed by atoms with E-state index in [-0.39, 0.29) is 17.8 Å². The van der Waals surface area contributed by atoms with Gasteiger partial charge in [0.2, 0.25) is 17.8 Å². The monoisotopic (exact) mass is 273 g/mol. The average molecular weight is 273 g/mol. The maximum Gasteiger partial charge on any atom is 0.242 e. The van der Waals surface area contributed by atoms with Crippen molar-refractivity contribution in [1.82, 2.24) is 10.6 Å². The summed E-state index contributed by atoms with van der Waals surface area (Å²) in [5.41, 5.74) is 0.833. The van der Waals surface area contributed by atoms with Crippen molar-refractivity contribution in [3.63, 3.8) is 0 Å². The number of hydrogen-bond donors (Lipinski definition) is 2. The van der Waals surface area contributed by atoms with E-state index in [1.54, 1.807) is 0 Å². The molecule has 1 aliphatic rings. The molecule has 20 heavy (non-hydrogen) atoms. The molecule has 5 nitrogen and oxygen atoms in total. The van der Waals surface area contributed by atoms with E-state index in [9.17, 15) is 9.59 Å². The van der Waals surface area contributed by atoms with Gasteiger partial charge in [-0.15, -0.1) is 0 Å². The molecular formula is C15H19N3O2. The summed E-state index contributed by atoms with van der Waals surface area (Å²) in [6, 6.07) is 7.52. The molecule has 1 aromatic carbocycles. The Morgan fingerprint density at radius 3 is 1.95 bits per heavy atom. The summed E-state index contributed by atoms with van der Waals surface area (Å²) in [6.45, 7) is 5.66. The fourth-order valence-corrected chi connectivity index (χ4v) is 2.29. The van der Waals surface area contributed by atoms with Crippen LogP contribution in [0.4, 0.5) is 5.69 Å². The van der Waals surface area contributed by atoms with Crippen molar-refractivity contribution < 1.29 is 9.59 Å². The van der Waals surface area contributed by atoms with E-state index in [0.717, 1.165) is 5.56 Å². The highest BCUT2D eigenvalue weighted by molar-refractivity contribution is 6.20. The maximum absolute atomic E-state index is 12.2. The van der Waals surface area contributed by atoms with Crippen LogP contribution in [0.15, 0.2) is 29.3 Å². The smallest absolute Gasteiger partial charge is 0.242 e. The van der Waals surface area contributed by atoms with Crippen molar-refractivity contribution in [3.05, 3.63) is 29.8 Å². The summed E-state index contributed by atoms with van der Waals surface area (Å²) >= 11 is 0. The number of rotatable bonds is 3. The van der Waals surface area contributed by atoms with Crippen LogP contribution in [0.3, 0.4) is 0 Å². The average Bonchev–Trinajstić information content (AvgIpc) is 2.42. The van der Waals surface area contributed by atoms with Gasteiger partial charge in [-0.25, -0.2) is 4.99 Å². The predicted octanol–water partition coefficient (Wildman–Crippen LogP) is 2.03. The number of nitrogens with zero attached hydrogens (tertiary/aromatic N) is 1. The van der Waals surface area contributed by atoms with Crippen molar-refractivity contribution >= 4 is 23.5 Å². The van der Waals surface area contributed by atoms with Crippen LogP contribution < -0.4 is 10.6 Å². The van der Waals surface area contributed by atoms with Crippen molar-refractivity contribution in [3.8, 4) is 0 Å². The van der Waals surface area contributed by atoms with Crippen LogP contribution in [0.1, 0.15) is 32.3 Å². The molecule has 1 heterocycles. The lowest BCUT2D eigenvalue weighted by atomic mass is 9.79. The minimum Gasteiger partial charge on any atom is -0.295 e. The molecule has 0 aliphatic carbocycles. The molecule has 1 aromatic rings. The molecule has 1 saturated heterocycles. The number of aryl methyl sites for hydroxylation is 1. The SMILES string of the molecule is CCC1(CC)C(=O)NC(=Nc2ccc(C)cc2)NC1=O. The van der Waals surface area contributed by atoms with Gasteiger partial charge >= 0.3 is 0 Å². The Morgan fingerprint density at radius 2 is 1.50 bits per heavy atom. The van der Waals surface area contributed by atoms with Crippen LogP contribution >= 0.6 is 0 Å². The highest BCUT2D eigenvalue weighted by Gasteiger charge is 2.46. The molecular weight excluding hydrogens is 254 g/mol. The molecule has 0 atom stereocenters. The zero-order valence-corrected chi connectivity index (χ0v) is 12.0. The normalized spacial score (nSPS) is 17.4. The molecule has 1 fully saturated rings. The van der Waals surface area contributed by atoms with E-state index < -0.39 is 5.41 Å². The molecule has 0 aromatic heterocycles. The van der Waals surface area contributed by atoms with Gasteiger partial charge in [-0.3, -0.25) is 20.2 Å². The first-order valence-corrected chi connectivity index (χ1v) is 6.80. The van der Waals surface area contributed by atoms with Crippen molar-refractivity contribution in [2.45, 2.75) is 33.6 Å². The molecule has 2 amide bonds. The van der Waals surface area contributed by atoms with Gasteiger partial charge in [0.15, 0.2) is 0 Å². The molecule has 0 bridgehead atoms. The third kappa shape index (κ3) is 2.43. The summed E-state index contributed by atoms with van der Waals surface area (Å²) in [5, 5.41) is 5.36. The van der Waals surface area contributed by atoms with Gasteiger partial charge < -0.3 is 0 Å². The van der Waals surface area contributed by atoms with Crippen molar-refractivity contribution in [2.75, 3.05) is 0 Å². The minimum absolute atomic E-state index is 0.196. The Hall–Kier alpha value is -2.17. The van der Waals surface area contributed by atoms with Gasteiger partial charge in [-0.1, -0.05) is 31.5 Å². The molecule has 0 saturated carbocycles. The molecule has 0 unspecified atom stereocenters. The molecule has 1 aliphatic heterocycles. The van der Waals surface area contributed by atoms with E-state index in [1.165, 1.54) is 0 Å². The van der Waals surface area contributed by atoms with Gasteiger partial charge in [0.05, 0.1) is 5.69 Å². The van der Waals surface area contributed by atoms with Crippen LogP contribution in [-0.2, 0) is 9.59 Å². The van der Waals surface area contributed by atoms with Crippen LogP contribution in [0.2, 0.25) is 0 Å². The molecule has 0 radical (unpaired) electrons. The van der Waals surface area contributed by atoms with Gasteiger partial charge in [0.1, 0.15) is 5.41 Å². The Morgan fingerprint density at radius 1 is 1.00 bits per heavy atom. The Labute approximate surface area is 118 Å². The molecule has 2 rings (SSSR count). The van der Waals surface area contributed by atoms with Crippen LogP contribution in [0.25, 0.3) is 0 Å². The van der Waals surface area contributed by atoms with Crippen molar-refractivity contribution in [1.29, 1.82) is 0 Å². The van der Waals surface area contributed by atoms with Crippen molar-refractivity contribution in [2.24, 2.45) is 10.4 Å². The third-order valence-corrected chi connectivity index (χ3v) is 3.82. The Bertz CT molecular complexity index is 535. The maximum atomic E-state index is 12.2. The Kier molecular flexibility index (Phi) is 3.88. The third-order valence-electron chi connectivity index (χ3n) is 3.82. The largest absolute Gasteiger partial charge is 0.295 e. The predicted molar refractivity (Wildman–Crippen MR) is 77.6 cm³/mol. The zero-order chi connectivity index (χ0) is 14.8. The van der Waals surface area contributed by atoms with Gasteiger partial charge in [0.25, 0.3) is 0 Å². The summed E-state index contributed by atoms with van der Waals surface area (Å²) in [7, 11) is 0. The topological polar surface area (TPSA) is 70.6 Å². The van der Waals surface area contributed by atoms with E-state index in [4.69, 9.17) is 0 Å². The lowest BCUT2D eigenvalue weighted by Gasteiger charge is -2.33. The minimum atomic E-state index is -0.980. The van der Waals surface area contributed by atoms with Gasteiger partial charge in [-0.2, -0.15) is 0 Å². The summed E-state index contributed by atoms with van der Waals surface area (Å²) in [6.07, 6.45) is 0.942. The van der Waals surface area contributed by atoms with Gasteiger partial charge in [0, 0.05) is 0 Å². The fraction of sp³-hybridized carbons (Fsp3) is 0.400. The lowest BCUT2D eigenvalue weighted by Crippen LogP contribution is -2.62. The van der Waals surface area contributed by atoms with E-state index >= 15 is 0 Å². The molecule has 2 N–H and O–H groups in total. The number of carbonyl (C=O) groups is 2. The zero-order valence-electron chi connectivity index (χ0n) is 12.0. The first-order chi connectivity index (χ1) is 9.51. The molecule has 0 spiro atoms. The number of benzene rings is 1. The second-order valence-corrected chi connectivity index (χ2v) is 4.99.